The van der Waals surface area contributed by atoms with Gasteiger partial charge >= 0.3 is 5.97 Å². The molecule has 0 radical (unpaired) electrons. The van der Waals surface area contributed by atoms with Crippen molar-refractivity contribution >= 4 is 28.6 Å². The van der Waals surface area contributed by atoms with Crippen LogP contribution in [-0.2, 0) is 16.0 Å². The van der Waals surface area contributed by atoms with Gasteiger partial charge in [0.15, 0.2) is 10.0 Å². The minimum atomic E-state index is -0.272. The van der Waals surface area contributed by atoms with Gasteiger partial charge in [-0.25, -0.2) is 9.97 Å². The van der Waals surface area contributed by atoms with Crippen LogP contribution >= 0.6 is 22.7 Å². The molecule has 0 saturated heterocycles. The molecule has 78 valence electrons. The number of hydrogen-bond donors (Lipinski definition) is 0. The lowest BCUT2D eigenvalue weighted by Crippen LogP contribution is -2.04. The Hall–Kier alpha value is -1.27. The maximum Gasteiger partial charge on any atom is 0.311 e. The molecule has 15 heavy (non-hydrogen) atoms. The maximum atomic E-state index is 11.0. The number of aromatic nitrogens is 2. The lowest BCUT2D eigenvalue weighted by Gasteiger charge is -1.93. The number of hydrogen-bond acceptors (Lipinski definition) is 6. The summed E-state index contributed by atoms with van der Waals surface area (Å²) in [6, 6.07) is 0. The molecule has 2 rings (SSSR count). The summed E-state index contributed by atoms with van der Waals surface area (Å²) >= 11 is 3.02. The molecule has 0 amide bonds. The molecule has 0 aromatic carbocycles. The van der Waals surface area contributed by atoms with Crippen LogP contribution < -0.4 is 0 Å². The minimum Gasteiger partial charge on any atom is -0.469 e. The third-order valence-electron chi connectivity index (χ3n) is 1.72. The first-order valence-corrected chi connectivity index (χ1v) is 5.96. The molecule has 2 heterocycles. The molecule has 0 bridgehead atoms. The Labute approximate surface area is 94.6 Å². The molecule has 0 unspecified atom stereocenters. The van der Waals surface area contributed by atoms with Gasteiger partial charge in [0.2, 0.25) is 0 Å². The van der Waals surface area contributed by atoms with Crippen LogP contribution in [-0.4, -0.2) is 23.0 Å². The summed E-state index contributed by atoms with van der Waals surface area (Å²) in [7, 11) is 1.37. The zero-order valence-electron chi connectivity index (χ0n) is 7.97. The second-order valence-electron chi connectivity index (χ2n) is 2.73. The average Bonchev–Trinajstić information content (AvgIpc) is 2.85. The van der Waals surface area contributed by atoms with E-state index >= 15 is 0 Å². The van der Waals surface area contributed by atoms with Gasteiger partial charge in [-0.05, 0) is 0 Å². The highest BCUT2D eigenvalue weighted by Gasteiger charge is 2.09. The van der Waals surface area contributed by atoms with Crippen molar-refractivity contribution in [3.63, 3.8) is 0 Å². The first-order chi connectivity index (χ1) is 7.29. The number of carbonyl (C=O) groups excluding carboxylic acids is 1. The Morgan fingerprint density at radius 2 is 2.33 bits per heavy atom. The zero-order valence-corrected chi connectivity index (χ0v) is 9.60. The molecule has 0 N–H and O–H groups in total. The van der Waals surface area contributed by atoms with E-state index in [0.29, 0.717) is 0 Å². The van der Waals surface area contributed by atoms with Gasteiger partial charge < -0.3 is 4.74 Å². The standard InChI is InChI=1S/C9H8N2O2S2/c1-13-7(12)4-6-5-15-9(11-6)8-10-2-3-14-8/h2-3,5H,4H2,1H3. The average molecular weight is 240 g/mol. The molecule has 6 heteroatoms. The summed E-state index contributed by atoms with van der Waals surface area (Å²) in [5.41, 5.74) is 0.733. The fraction of sp³-hybridized carbons (Fsp3) is 0.222. The molecule has 0 atom stereocenters. The maximum absolute atomic E-state index is 11.0. The second kappa shape index (κ2) is 4.50. The number of carbonyl (C=O) groups is 1. The molecule has 2 aromatic heterocycles. The van der Waals surface area contributed by atoms with E-state index in [1.54, 1.807) is 6.20 Å². The van der Waals surface area contributed by atoms with E-state index in [-0.39, 0.29) is 12.4 Å². The predicted molar refractivity (Wildman–Crippen MR) is 58.9 cm³/mol. The topological polar surface area (TPSA) is 52.1 Å². The van der Waals surface area contributed by atoms with Crippen molar-refractivity contribution in [3.05, 3.63) is 22.7 Å². The van der Waals surface area contributed by atoms with Crippen LogP contribution in [0.5, 0.6) is 0 Å². The van der Waals surface area contributed by atoms with Crippen LogP contribution in [0.4, 0.5) is 0 Å². The van der Waals surface area contributed by atoms with Crippen molar-refractivity contribution in [2.24, 2.45) is 0 Å². The second-order valence-corrected chi connectivity index (χ2v) is 4.49. The van der Waals surface area contributed by atoms with Crippen molar-refractivity contribution < 1.29 is 9.53 Å². The van der Waals surface area contributed by atoms with Crippen molar-refractivity contribution in [2.45, 2.75) is 6.42 Å². The monoisotopic (exact) mass is 240 g/mol. The fourth-order valence-electron chi connectivity index (χ4n) is 1.04. The van der Waals surface area contributed by atoms with Gasteiger partial charge in [0.05, 0.1) is 19.2 Å². The molecular formula is C9H8N2O2S2. The summed E-state index contributed by atoms with van der Waals surface area (Å²) in [6.45, 7) is 0. The van der Waals surface area contributed by atoms with Crippen LogP contribution in [0.2, 0.25) is 0 Å². The third-order valence-corrected chi connectivity index (χ3v) is 3.53. The molecule has 0 fully saturated rings. The van der Waals surface area contributed by atoms with E-state index in [2.05, 4.69) is 14.7 Å². The van der Waals surface area contributed by atoms with Crippen molar-refractivity contribution in [1.82, 2.24) is 9.97 Å². The lowest BCUT2D eigenvalue weighted by molar-refractivity contribution is -0.139. The number of methoxy groups -OCH3 is 1. The smallest absolute Gasteiger partial charge is 0.311 e. The molecule has 0 saturated carbocycles. The number of esters is 1. The highest BCUT2D eigenvalue weighted by molar-refractivity contribution is 7.19. The molecule has 2 aromatic rings. The molecular weight excluding hydrogens is 232 g/mol. The Kier molecular flexibility index (Phi) is 3.08. The Bertz CT molecular complexity index is 450. The van der Waals surface area contributed by atoms with Crippen LogP contribution in [0.3, 0.4) is 0 Å². The Morgan fingerprint density at radius 1 is 1.47 bits per heavy atom. The van der Waals surface area contributed by atoms with Gasteiger partial charge in [0, 0.05) is 17.0 Å². The lowest BCUT2D eigenvalue weighted by atomic mass is 10.3. The Balaban J connectivity index is 2.14. The highest BCUT2D eigenvalue weighted by Crippen LogP contribution is 2.25. The van der Waals surface area contributed by atoms with E-state index in [4.69, 9.17) is 0 Å². The first kappa shape index (κ1) is 10.3. The SMILES string of the molecule is COC(=O)Cc1csc(-c2nccs2)n1. The van der Waals surface area contributed by atoms with E-state index in [1.807, 2.05) is 10.8 Å². The highest BCUT2D eigenvalue weighted by atomic mass is 32.1. The fourth-order valence-corrected chi connectivity index (χ4v) is 2.55. The van der Waals surface area contributed by atoms with Crippen molar-refractivity contribution in [3.8, 4) is 10.0 Å². The summed E-state index contributed by atoms with van der Waals surface area (Å²) in [5.74, 6) is -0.272. The number of nitrogens with zero attached hydrogens (tertiary/aromatic N) is 2. The molecule has 4 nitrogen and oxygen atoms in total. The van der Waals surface area contributed by atoms with Gasteiger partial charge in [0.1, 0.15) is 0 Å². The predicted octanol–water partition coefficient (Wildman–Crippen LogP) is 1.98. The number of rotatable bonds is 3. The van der Waals surface area contributed by atoms with Gasteiger partial charge in [0.25, 0.3) is 0 Å². The summed E-state index contributed by atoms with van der Waals surface area (Å²) in [4.78, 5) is 19.5. The van der Waals surface area contributed by atoms with Gasteiger partial charge in [-0.1, -0.05) is 0 Å². The molecule has 0 spiro atoms. The van der Waals surface area contributed by atoms with Crippen molar-refractivity contribution in [1.29, 1.82) is 0 Å². The third kappa shape index (κ3) is 2.40. The summed E-state index contributed by atoms with van der Waals surface area (Å²) in [5, 5.41) is 5.49. The van der Waals surface area contributed by atoms with Crippen LogP contribution in [0.1, 0.15) is 5.69 Å². The number of thiazole rings is 2. The minimum absolute atomic E-state index is 0.221. The largest absolute Gasteiger partial charge is 0.469 e. The van der Waals surface area contributed by atoms with E-state index in [9.17, 15) is 4.79 Å². The normalized spacial score (nSPS) is 10.2. The van der Waals surface area contributed by atoms with Crippen LogP contribution in [0.25, 0.3) is 10.0 Å². The van der Waals surface area contributed by atoms with Crippen LogP contribution in [0.15, 0.2) is 17.0 Å². The summed E-state index contributed by atoms with van der Waals surface area (Å²) in [6.07, 6.45) is 1.96. The summed E-state index contributed by atoms with van der Waals surface area (Å²) < 4.78 is 4.57. The molecule has 0 aliphatic heterocycles. The van der Waals surface area contributed by atoms with Gasteiger partial charge in [-0.3, -0.25) is 4.79 Å². The Morgan fingerprint density at radius 3 is 3.00 bits per heavy atom. The molecule has 0 aliphatic carbocycles. The van der Waals surface area contributed by atoms with E-state index in [1.165, 1.54) is 29.8 Å². The quantitative estimate of drug-likeness (QED) is 0.770. The first-order valence-electron chi connectivity index (χ1n) is 4.20. The van der Waals surface area contributed by atoms with E-state index < -0.39 is 0 Å². The molecule has 0 aliphatic rings. The number of ether oxygens (including phenoxy) is 1. The van der Waals surface area contributed by atoms with Crippen LogP contribution in [0, 0.1) is 0 Å². The van der Waals surface area contributed by atoms with Gasteiger partial charge in [-0.2, -0.15) is 0 Å². The van der Waals surface area contributed by atoms with Gasteiger partial charge in [-0.15, -0.1) is 22.7 Å². The zero-order chi connectivity index (χ0) is 10.7. The van der Waals surface area contributed by atoms with E-state index in [0.717, 1.165) is 15.7 Å². The van der Waals surface area contributed by atoms with Crippen molar-refractivity contribution in [2.75, 3.05) is 7.11 Å².